The first-order valence-corrected chi connectivity index (χ1v) is 9.03. The Bertz CT molecular complexity index is 768. The van der Waals surface area contributed by atoms with E-state index in [-0.39, 0.29) is 5.78 Å². The molecule has 2 aliphatic rings. The Balaban J connectivity index is 2.06. The van der Waals surface area contributed by atoms with Gasteiger partial charge in [0.25, 0.3) is 0 Å². The third-order valence-electron chi connectivity index (χ3n) is 5.45. The molecule has 0 N–H and O–H groups in total. The second-order valence-corrected chi connectivity index (χ2v) is 8.00. The van der Waals surface area contributed by atoms with Crippen LogP contribution in [0.3, 0.4) is 0 Å². The van der Waals surface area contributed by atoms with Gasteiger partial charge in [-0.05, 0) is 45.3 Å². The van der Waals surface area contributed by atoms with Gasteiger partial charge in [0, 0.05) is 18.4 Å². The van der Waals surface area contributed by atoms with Crippen molar-refractivity contribution in [1.82, 2.24) is 0 Å². The Kier molecular flexibility index (Phi) is 4.88. The van der Waals surface area contributed by atoms with E-state index in [2.05, 4.69) is 0 Å². The van der Waals surface area contributed by atoms with Crippen molar-refractivity contribution in [3.8, 4) is 5.75 Å². The van der Waals surface area contributed by atoms with Crippen LogP contribution in [-0.4, -0.2) is 38.3 Å². The third-order valence-corrected chi connectivity index (χ3v) is 5.75. The first-order chi connectivity index (χ1) is 12.1. The van der Waals surface area contributed by atoms with E-state index in [1.807, 2.05) is 33.8 Å². The highest BCUT2D eigenvalue weighted by Gasteiger charge is 2.52. The van der Waals surface area contributed by atoms with Gasteiger partial charge in [-0.25, -0.2) is 0 Å². The van der Waals surface area contributed by atoms with Gasteiger partial charge in [-0.15, -0.1) is 0 Å². The lowest BCUT2D eigenvalue weighted by atomic mass is 9.78. The maximum Gasteiger partial charge on any atom is 0.495 e. The Morgan fingerprint density at radius 3 is 2.19 bits per heavy atom. The number of hydrogen-bond donors (Lipinski definition) is 0. The third kappa shape index (κ3) is 3.04. The topological polar surface area (TPSA) is 54.0 Å². The van der Waals surface area contributed by atoms with Crippen molar-refractivity contribution in [3.05, 3.63) is 28.5 Å². The van der Waals surface area contributed by atoms with Crippen molar-refractivity contribution in [2.75, 3.05) is 14.2 Å². The molecular formula is C19H24BClO5. The van der Waals surface area contributed by atoms with Crippen molar-refractivity contribution in [1.29, 1.82) is 0 Å². The van der Waals surface area contributed by atoms with E-state index in [1.165, 1.54) is 0 Å². The van der Waals surface area contributed by atoms with Crippen LogP contribution in [0.4, 0.5) is 0 Å². The molecule has 0 saturated carbocycles. The van der Waals surface area contributed by atoms with Gasteiger partial charge in [-0.1, -0.05) is 11.6 Å². The molecule has 5 nitrogen and oxygen atoms in total. The minimum Gasteiger partial charge on any atom is -0.500 e. The molecule has 0 unspecified atom stereocenters. The fourth-order valence-electron chi connectivity index (χ4n) is 3.24. The van der Waals surface area contributed by atoms with E-state index < -0.39 is 18.3 Å². The summed E-state index contributed by atoms with van der Waals surface area (Å²) >= 11 is 6.57. The minimum absolute atomic E-state index is 0.00503. The van der Waals surface area contributed by atoms with Gasteiger partial charge in [-0.2, -0.15) is 0 Å². The normalized spacial score (nSPS) is 21.5. The molecule has 1 fully saturated rings. The first-order valence-electron chi connectivity index (χ1n) is 8.65. The molecule has 1 aliphatic heterocycles. The number of hydrogen-bond acceptors (Lipinski definition) is 5. The monoisotopic (exact) mass is 378 g/mol. The van der Waals surface area contributed by atoms with E-state index in [1.54, 1.807) is 20.3 Å². The number of ether oxygens (including phenoxy) is 2. The summed E-state index contributed by atoms with van der Waals surface area (Å²) in [6, 6.07) is 3.59. The van der Waals surface area contributed by atoms with Crippen LogP contribution in [0, 0.1) is 0 Å². The van der Waals surface area contributed by atoms with Crippen LogP contribution in [0.5, 0.6) is 5.75 Å². The van der Waals surface area contributed by atoms with Crippen LogP contribution < -0.4 is 10.2 Å². The maximum atomic E-state index is 12.4. The van der Waals surface area contributed by atoms with Crippen molar-refractivity contribution in [2.45, 2.75) is 51.7 Å². The number of benzene rings is 1. The second kappa shape index (κ2) is 6.59. The predicted molar refractivity (Wildman–Crippen MR) is 102 cm³/mol. The lowest BCUT2D eigenvalue weighted by Crippen LogP contribution is -2.41. The van der Waals surface area contributed by atoms with Gasteiger partial charge in [-0.3, -0.25) is 4.79 Å². The minimum atomic E-state index is -0.560. The largest absolute Gasteiger partial charge is 0.500 e. The van der Waals surface area contributed by atoms with Gasteiger partial charge >= 0.3 is 7.12 Å². The zero-order chi connectivity index (χ0) is 19.3. The number of rotatable bonds is 4. The quantitative estimate of drug-likeness (QED) is 0.752. The number of Topliss-reactive ketones (excluding diaryl/α,β-unsaturated/α-hetero) is 1. The van der Waals surface area contributed by atoms with Crippen LogP contribution in [-0.2, 0) is 18.8 Å². The van der Waals surface area contributed by atoms with Gasteiger partial charge in [0.2, 0.25) is 0 Å². The fraction of sp³-hybridized carbons (Fsp3) is 0.526. The van der Waals surface area contributed by atoms with Crippen molar-refractivity contribution >= 4 is 35.5 Å². The summed E-state index contributed by atoms with van der Waals surface area (Å²) in [6.45, 7) is 7.97. The first kappa shape index (κ1) is 19.3. The molecule has 0 aromatic heterocycles. The van der Waals surface area contributed by atoms with Crippen LogP contribution >= 0.6 is 11.6 Å². The lowest BCUT2D eigenvalue weighted by Gasteiger charge is -2.32. The summed E-state index contributed by atoms with van der Waals surface area (Å²) in [6.07, 6.45) is 0.986. The summed E-state index contributed by atoms with van der Waals surface area (Å²) in [7, 11) is 2.55. The Morgan fingerprint density at radius 1 is 1.04 bits per heavy atom. The number of carbonyl (C=O) groups is 1. The van der Waals surface area contributed by atoms with Gasteiger partial charge in [0.05, 0.1) is 36.0 Å². The highest BCUT2D eigenvalue weighted by atomic mass is 35.5. The fourth-order valence-corrected chi connectivity index (χ4v) is 3.55. The molecule has 1 saturated heterocycles. The van der Waals surface area contributed by atoms with Crippen LogP contribution in [0.2, 0.25) is 5.02 Å². The van der Waals surface area contributed by atoms with Gasteiger partial charge in [0.15, 0.2) is 5.78 Å². The average molecular weight is 379 g/mol. The van der Waals surface area contributed by atoms with Crippen LogP contribution in [0.25, 0.3) is 5.57 Å². The summed E-state index contributed by atoms with van der Waals surface area (Å²) in [4.78, 5) is 12.4. The molecule has 1 heterocycles. The highest BCUT2D eigenvalue weighted by Crippen LogP contribution is 2.41. The zero-order valence-corrected chi connectivity index (χ0v) is 16.8. The summed E-state index contributed by atoms with van der Waals surface area (Å²) < 4.78 is 23.1. The summed E-state index contributed by atoms with van der Waals surface area (Å²) in [5, 5.41) is 0.411. The van der Waals surface area contributed by atoms with E-state index in [0.717, 1.165) is 5.46 Å². The van der Waals surface area contributed by atoms with Gasteiger partial charge < -0.3 is 18.8 Å². The molecule has 7 heteroatoms. The molecule has 1 aromatic rings. The predicted octanol–water partition coefficient (Wildman–Crippen LogP) is 3.37. The molecule has 0 atom stereocenters. The number of allylic oxidation sites excluding steroid dienone is 2. The highest BCUT2D eigenvalue weighted by molar-refractivity contribution is 6.62. The SMILES string of the molecule is COC1=C(c2c(Cl)cc(B3OC(C)(C)C(C)(C)O3)cc2OC)C(=O)CC1. The second-order valence-electron chi connectivity index (χ2n) is 7.59. The molecule has 1 aliphatic carbocycles. The molecule has 0 spiro atoms. The van der Waals surface area contributed by atoms with Crippen LogP contribution in [0.15, 0.2) is 17.9 Å². The molecule has 0 bridgehead atoms. The smallest absolute Gasteiger partial charge is 0.495 e. The maximum absolute atomic E-state index is 12.4. The molecule has 26 heavy (non-hydrogen) atoms. The molecule has 1 aromatic carbocycles. The Morgan fingerprint density at radius 2 is 1.65 bits per heavy atom. The standard InChI is InChI=1S/C19H24BClO5/c1-18(2)19(3,4)26-20(25-18)11-9-12(21)16(15(10-11)24-6)17-13(22)7-8-14(17)23-5/h9-10H,7-8H2,1-6H3. The molecule has 0 radical (unpaired) electrons. The molecular weight excluding hydrogens is 354 g/mol. The molecule has 0 amide bonds. The van der Waals surface area contributed by atoms with E-state index >= 15 is 0 Å². The lowest BCUT2D eigenvalue weighted by molar-refractivity contribution is -0.113. The summed E-state index contributed by atoms with van der Waals surface area (Å²) in [5.41, 5.74) is 0.898. The van der Waals surface area contributed by atoms with Crippen molar-refractivity contribution in [2.24, 2.45) is 0 Å². The van der Waals surface area contributed by atoms with E-state index in [4.69, 9.17) is 30.4 Å². The van der Waals surface area contributed by atoms with Crippen LogP contribution in [0.1, 0.15) is 46.1 Å². The Hall–Kier alpha value is -1.50. The zero-order valence-electron chi connectivity index (χ0n) is 16.1. The molecule has 3 rings (SSSR count). The molecule has 140 valence electrons. The van der Waals surface area contributed by atoms with E-state index in [9.17, 15) is 4.79 Å². The number of methoxy groups -OCH3 is 2. The van der Waals surface area contributed by atoms with Crippen molar-refractivity contribution in [3.63, 3.8) is 0 Å². The van der Waals surface area contributed by atoms with E-state index in [0.29, 0.717) is 40.5 Å². The van der Waals surface area contributed by atoms with Crippen molar-refractivity contribution < 1.29 is 23.6 Å². The Labute approximate surface area is 159 Å². The summed E-state index contributed by atoms with van der Waals surface area (Å²) in [5.74, 6) is 1.14. The number of carbonyl (C=O) groups excluding carboxylic acids is 1. The average Bonchev–Trinajstić information content (AvgIpc) is 3.03. The van der Waals surface area contributed by atoms with Gasteiger partial charge in [0.1, 0.15) is 11.5 Å². The number of ketones is 1. The number of halogens is 1.